The summed E-state index contributed by atoms with van der Waals surface area (Å²) < 4.78 is 7.07. The molecule has 0 spiro atoms. The molecule has 0 radical (unpaired) electrons. The lowest BCUT2D eigenvalue weighted by Crippen LogP contribution is -2.29. The van der Waals surface area contributed by atoms with Crippen molar-refractivity contribution in [1.29, 1.82) is 0 Å². The summed E-state index contributed by atoms with van der Waals surface area (Å²) in [6, 6.07) is 18.6. The molecule has 1 amide bonds. The topological polar surface area (TPSA) is 63.4 Å². The number of hydrogen-bond acceptors (Lipinski definition) is 5. The standard InChI is InChI=1S/C27H20N2O3S/c1-14-9-10-19-18(12-14)24(30)21-23(17-7-5-4-6-8-17)29(26(31)25(21)32-19)27-28-22-16(3)11-15(2)13-20(22)33-27/h4-13,23H,1-3H3. The third-order valence-corrected chi connectivity index (χ3v) is 7.17. The van der Waals surface area contributed by atoms with Gasteiger partial charge >= 0.3 is 0 Å². The number of thiazole rings is 1. The van der Waals surface area contributed by atoms with Gasteiger partial charge in [-0.15, -0.1) is 0 Å². The highest BCUT2D eigenvalue weighted by Gasteiger charge is 2.45. The SMILES string of the molecule is Cc1cc(C)c2nc(N3C(=O)c4oc5ccc(C)cc5c(=O)c4C3c3ccccc3)sc2c1. The zero-order valence-corrected chi connectivity index (χ0v) is 19.2. The van der Waals surface area contributed by atoms with Gasteiger partial charge in [-0.1, -0.05) is 59.4 Å². The molecule has 5 nitrogen and oxygen atoms in total. The van der Waals surface area contributed by atoms with E-state index in [0.29, 0.717) is 21.7 Å². The molecular weight excluding hydrogens is 432 g/mol. The van der Waals surface area contributed by atoms with E-state index in [2.05, 4.69) is 12.1 Å². The molecule has 0 saturated carbocycles. The van der Waals surface area contributed by atoms with Crippen molar-refractivity contribution in [3.63, 3.8) is 0 Å². The number of carbonyl (C=O) groups is 1. The molecule has 1 atom stereocenters. The first-order chi connectivity index (χ1) is 15.9. The Labute approximate surface area is 193 Å². The molecule has 3 aromatic carbocycles. The number of anilines is 1. The monoisotopic (exact) mass is 452 g/mol. The van der Waals surface area contributed by atoms with Gasteiger partial charge in [0.2, 0.25) is 5.76 Å². The Morgan fingerprint density at radius 2 is 1.73 bits per heavy atom. The Bertz CT molecular complexity index is 1650. The molecule has 1 aliphatic heterocycles. The van der Waals surface area contributed by atoms with Crippen molar-refractivity contribution < 1.29 is 9.21 Å². The fourth-order valence-electron chi connectivity index (χ4n) is 4.70. The summed E-state index contributed by atoms with van der Waals surface area (Å²) in [6.07, 6.45) is 0. The normalized spacial score (nSPS) is 15.5. The molecule has 3 heterocycles. The van der Waals surface area contributed by atoms with E-state index >= 15 is 0 Å². The van der Waals surface area contributed by atoms with Crippen molar-refractivity contribution in [2.75, 3.05) is 4.90 Å². The maximum absolute atomic E-state index is 13.7. The maximum atomic E-state index is 13.7. The van der Waals surface area contributed by atoms with Crippen molar-refractivity contribution in [2.45, 2.75) is 26.8 Å². The van der Waals surface area contributed by atoms with Crippen molar-refractivity contribution in [3.05, 3.63) is 104 Å². The molecule has 0 fully saturated rings. The quantitative estimate of drug-likeness (QED) is 0.326. The molecule has 0 aliphatic carbocycles. The van der Waals surface area contributed by atoms with E-state index in [1.54, 1.807) is 11.0 Å². The summed E-state index contributed by atoms with van der Waals surface area (Å²) in [5.41, 5.74) is 5.50. The lowest BCUT2D eigenvalue weighted by molar-refractivity contribution is 0.0971. The second-order valence-electron chi connectivity index (χ2n) is 8.59. The summed E-state index contributed by atoms with van der Waals surface area (Å²) in [5, 5.41) is 1.05. The molecule has 0 N–H and O–H groups in total. The van der Waals surface area contributed by atoms with Crippen LogP contribution in [0.15, 0.2) is 69.9 Å². The molecule has 5 aromatic rings. The smallest absolute Gasteiger partial charge is 0.297 e. The first-order valence-corrected chi connectivity index (χ1v) is 11.6. The van der Waals surface area contributed by atoms with Gasteiger partial charge < -0.3 is 4.42 Å². The first kappa shape index (κ1) is 19.9. The van der Waals surface area contributed by atoms with Crippen molar-refractivity contribution in [3.8, 4) is 0 Å². The van der Waals surface area contributed by atoms with E-state index in [1.165, 1.54) is 11.3 Å². The van der Waals surface area contributed by atoms with Crippen LogP contribution in [0, 0.1) is 20.8 Å². The highest BCUT2D eigenvalue weighted by molar-refractivity contribution is 7.22. The van der Waals surface area contributed by atoms with Gasteiger partial charge in [0.1, 0.15) is 5.58 Å². The lowest BCUT2D eigenvalue weighted by Gasteiger charge is -2.22. The van der Waals surface area contributed by atoms with Gasteiger partial charge in [-0.25, -0.2) is 4.98 Å². The summed E-state index contributed by atoms with van der Waals surface area (Å²) in [7, 11) is 0. The van der Waals surface area contributed by atoms with Crippen molar-refractivity contribution in [2.24, 2.45) is 0 Å². The van der Waals surface area contributed by atoms with E-state index in [9.17, 15) is 9.59 Å². The molecular formula is C27H20N2O3S. The average Bonchev–Trinajstić information content (AvgIpc) is 3.34. The molecule has 6 rings (SSSR count). The minimum absolute atomic E-state index is 0.0948. The predicted molar refractivity (Wildman–Crippen MR) is 131 cm³/mol. The average molecular weight is 453 g/mol. The van der Waals surface area contributed by atoms with Gasteiger partial charge in [0, 0.05) is 0 Å². The predicted octanol–water partition coefficient (Wildman–Crippen LogP) is 6.08. The second kappa shape index (κ2) is 7.12. The number of benzene rings is 3. The molecule has 1 unspecified atom stereocenters. The fraction of sp³-hybridized carbons (Fsp3) is 0.148. The number of carbonyl (C=O) groups excluding carboxylic acids is 1. The zero-order valence-electron chi connectivity index (χ0n) is 18.4. The minimum atomic E-state index is -0.600. The first-order valence-electron chi connectivity index (χ1n) is 10.8. The highest BCUT2D eigenvalue weighted by Crippen LogP contribution is 2.44. The lowest BCUT2D eigenvalue weighted by atomic mass is 9.98. The Balaban J connectivity index is 1.65. The van der Waals surface area contributed by atoms with Crippen molar-refractivity contribution in [1.82, 2.24) is 4.98 Å². The van der Waals surface area contributed by atoms with Crippen LogP contribution < -0.4 is 10.3 Å². The summed E-state index contributed by atoms with van der Waals surface area (Å²) in [6.45, 7) is 6.00. The largest absolute Gasteiger partial charge is 0.450 e. The molecule has 33 heavy (non-hydrogen) atoms. The maximum Gasteiger partial charge on any atom is 0.297 e. The van der Waals surface area contributed by atoms with Crippen LogP contribution in [0.1, 0.15) is 44.4 Å². The van der Waals surface area contributed by atoms with Crippen LogP contribution in [0.3, 0.4) is 0 Å². The summed E-state index contributed by atoms with van der Waals surface area (Å²) >= 11 is 1.46. The molecule has 6 heteroatoms. The van der Waals surface area contributed by atoms with Crippen LogP contribution in [0.25, 0.3) is 21.2 Å². The van der Waals surface area contributed by atoms with Gasteiger partial charge in [-0.05, 0) is 55.7 Å². The van der Waals surface area contributed by atoms with E-state index in [4.69, 9.17) is 9.40 Å². The molecule has 0 saturated heterocycles. The second-order valence-corrected chi connectivity index (χ2v) is 9.60. The van der Waals surface area contributed by atoms with Crippen LogP contribution in [-0.4, -0.2) is 10.9 Å². The molecule has 0 bridgehead atoms. The number of aromatic nitrogens is 1. The third-order valence-electron chi connectivity index (χ3n) is 6.17. The van der Waals surface area contributed by atoms with Crippen LogP contribution in [-0.2, 0) is 0 Å². The van der Waals surface area contributed by atoms with Gasteiger partial charge in [-0.3, -0.25) is 14.5 Å². The number of amides is 1. The fourth-order valence-corrected chi connectivity index (χ4v) is 5.87. The van der Waals surface area contributed by atoms with Crippen LogP contribution in [0.4, 0.5) is 5.13 Å². The van der Waals surface area contributed by atoms with E-state index < -0.39 is 6.04 Å². The number of rotatable bonds is 2. The Morgan fingerprint density at radius 1 is 0.939 bits per heavy atom. The Kier molecular flexibility index (Phi) is 4.29. The highest BCUT2D eigenvalue weighted by atomic mass is 32.1. The van der Waals surface area contributed by atoms with Crippen LogP contribution >= 0.6 is 11.3 Å². The van der Waals surface area contributed by atoms with Gasteiger partial charge in [0.15, 0.2) is 10.6 Å². The number of aryl methyl sites for hydroxylation is 3. The number of hydrogen-bond donors (Lipinski definition) is 0. The van der Waals surface area contributed by atoms with Gasteiger partial charge in [0.05, 0.1) is 27.2 Å². The molecule has 2 aromatic heterocycles. The van der Waals surface area contributed by atoms with Gasteiger partial charge in [-0.2, -0.15) is 0 Å². The third kappa shape index (κ3) is 2.94. The van der Waals surface area contributed by atoms with Crippen LogP contribution in [0.2, 0.25) is 0 Å². The van der Waals surface area contributed by atoms with E-state index in [1.807, 2.05) is 63.2 Å². The van der Waals surface area contributed by atoms with E-state index in [-0.39, 0.29) is 17.1 Å². The van der Waals surface area contributed by atoms with Gasteiger partial charge in [0.25, 0.3) is 5.91 Å². The zero-order chi connectivity index (χ0) is 22.9. The van der Waals surface area contributed by atoms with Crippen LogP contribution in [0.5, 0.6) is 0 Å². The Morgan fingerprint density at radius 3 is 2.52 bits per heavy atom. The minimum Gasteiger partial charge on any atom is -0.450 e. The summed E-state index contributed by atoms with van der Waals surface area (Å²) in [4.78, 5) is 33.9. The van der Waals surface area contributed by atoms with E-state index in [0.717, 1.165) is 32.5 Å². The summed E-state index contributed by atoms with van der Waals surface area (Å²) in [5.74, 6) is -0.246. The number of fused-ring (bicyclic) bond motifs is 3. The number of nitrogens with zero attached hydrogens (tertiary/aromatic N) is 2. The Hall–Kier alpha value is -3.77. The molecule has 1 aliphatic rings. The molecule has 162 valence electrons. The van der Waals surface area contributed by atoms with Crippen molar-refractivity contribution >= 4 is 43.6 Å².